The number of rotatable bonds is 7. The summed E-state index contributed by atoms with van der Waals surface area (Å²) in [6.07, 6.45) is 3.69. The first-order chi connectivity index (χ1) is 14.1. The summed E-state index contributed by atoms with van der Waals surface area (Å²) >= 11 is 0. The molecule has 0 atom stereocenters. The van der Waals surface area contributed by atoms with Gasteiger partial charge in [0.2, 0.25) is 6.79 Å². The van der Waals surface area contributed by atoms with Gasteiger partial charge < -0.3 is 14.2 Å². The first kappa shape index (κ1) is 19.3. The minimum absolute atomic E-state index is 0.295. The summed E-state index contributed by atoms with van der Waals surface area (Å²) in [6.45, 7) is 7.01. The molecule has 5 nitrogen and oxygen atoms in total. The molecule has 0 saturated carbocycles. The molecule has 29 heavy (non-hydrogen) atoms. The summed E-state index contributed by atoms with van der Waals surface area (Å²) < 4.78 is 16.5. The molecular weight excluding hydrogens is 364 g/mol. The van der Waals surface area contributed by atoms with Crippen molar-refractivity contribution in [3.05, 3.63) is 82.7 Å². The Morgan fingerprint density at radius 3 is 2.41 bits per heavy atom. The van der Waals surface area contributed by atoms with Crippen molar-refractivity contribution in [2.45, 2.75) is 33.5 Å². The zero-order chi connectivity index (χ0) is 20.2. The summed E-state index contributed by atoms with van der Waals surface area (Å²) in [5.74, 6) is 2.57. The van der Waals surface area contributed by atoms with Crippen LogP contribution in [0.4, 0.5) is 0 Å². The van der Waals surface area contributed by atoms with Gasteiger partial charge in [0.25, 0.3) is 0 Å². The maximum absolute atomic E-state index is 5.55. The van der Waals surface area contributed by atoms with Crippen LogP contribution in [0.3, 0.4) is 0 Å². The summed E-state index contributed by atoms with van der Waals surface area (Å²) in [4.78, 5) is 6.57. The quantitative estimate of drug-likeness (QED) is 0.588. The molecule has 0 amide bonds. The number of fused-ring (bicyclic) bond motifs is 1. The lowest BCUT2D eigenvalue weighted by atomic mass is 10.0. The predicted octanol–water partition coefficient (Wildman–Crippen LogP) is 4.64. The Bertz CT molecular complexity index is 989. The highest BCUT2D eigenvalue weighted by Gasteiger charge is 2.16. The van der Waals surface area contributed by atoms with Crippen molar-refractivity contribution >= 4 is 0 Å². The Morgan fingerprint density at radius 2 is 1.62 bits per heavy atom. The van der Waals surface area contributed by atoms with Gasteiger partial charge in [-0.2, -0.15) is 0 Å². The molecule has 1 aliphatic rings. The van der Waals surface area contributed by atoms with Crippen molar-refractivity contribution in [3.8, 4) is 17.2 Å². The normalized spacial score (nSPS) is 12.4. The van der Waals surface area contributed by atoms with Gasteiger partial charge in [0.15, 0.2) is 11.5 Å². The first-order valence-corrected chi connectivity index (χ1v) is 9.76. The first-order valence-electron chi connectivity index (χ1n) is 9.76. The highest BCUT2D eigenvalue weighted by Crippen LogP contribution is 2.33. The SMILES string of the molecule is COc1cc(C)c(CN(Cc2ccncc2)Cc2ccc3c(c2)OCO3)cc1C. The lowest BCUT2D eigenvalue weighted by Crippen LogP contribution is -2.23. The molecule has 0 bridgehead atoms. The average Bonchev–Trinajstić information content (AvgIpc) is 3.19. The van der Waals surface area contributed by atoms with Crippen LogP contribution in [-0.2, 0) is 19.6 Å². The molecular formula is C24H26N2O3. The van der Waals surface area contributed by atoms with E-state index in [1.165, 1.54) is 22.3 Å². The fourth-order valence-corrected chi connectivity index (χ4v) is 3.69. The fraction of sp³-hybridized carbons (Fsp3) is 0.292. The van der Waals surface area contributed by atoms with E-state index in [4.69, 9.17) is 14.2 Å². The lowest BCUT2D eigenvalue weighted by Gasteiger charge is -2.24. The van der Waals surface area contributed by atoms with E-state index in [-0.39, 0.29) is 0 Å². The Balaban J connectivity index is 1.59. The average molecular weight is 390 g/mol. The number of benzene rings is 2. The van der Waals surface area contributed by atoms with Crippen molar-refractivity contribution < 1.29 is 14.2 Å². The Labute approximate surface area is 171 Å². The smallest absolute Gasteiger partial charge is 0.231 e. The van der Waals surface area contributed by atoms with Crippen LogP contribution in [0.15, 0.2) is 54.9 Å². The largest absolute Gasteiger partial charge is 0.496 e. The van der Waals surface area contributed by atoms with Gasteiger partial charge >= 0.3 is 0 Å². The molecule has 0 spiro atoms. The second-order valence-corrected chi connectivity index (χ2v) is 7.44. The number of ether oxygens (including phenoxy) is 3. The maximum atomic E-state index is 5.55. The Morgan fingerprint density at radius 1 is 0.862 bits per heavy atom. The predicted molar refractivity (Wildman–Crippen MR) is 112 cm³/mol. The zero-order valence-electron chi connectivity index (χ0n) is 17.1. The second-order valence-electron chi connectivity index (χ2n) is 7.44. The third kappa shape index (κ3) is 4.51. The van der Waals surface area contributed by atoms with Crippen LogP contribution >= 0.6 is 0 Å². The molecule has 0 radical (unpaired) electrons. The molecule has 0 fully saturated rings. The van der Waals surface area contributed by atoms with E-state index in [0.29, 0.717) is 6.79 Å². The number of aryl methyl sites for hydroxylation is 2. The van der Waals surface area contributed by atoms with Gasteiger partial charge in [-0.15, -0.1) is 0 Å². The summed E-state index contributed by atoms with van der Waals surface area (Å²) in [7, 11) is 1.72. The van der Waals surface area contributed by atoms with E-state index >= 15 is 0 Å². The van der Waals surface area contributed by atoms with Crippen molar-refractivity contribution in [2.24, 2.45) is 0 Å². The molecule has 3 aromatic rings. The van der Waals surface area contributed by atoms with E-state index < -0.39 is 0 Å². The van der Waals surface area contributed by atoms with Gasteiger partial charge in [0, 0.05) is 32.0 Å². The molecule has 0 saturated heterocycles. The molecule has 2 aromatic carbocycles. The fourth-order valence-electron chi connectivity index (χ4n) is 3.69. The van der Waals surface area contributed by atoms with Gasteiger partial charge in [-0.25, -0.2) is 0 Å². The Kier molecular flexibility index (Phi) is 5.67. The third-order valence-corrected chi connectivity index (χ3v) is 5.25. The maximum Gasteiger partial charge on any atom is 0.231 e. The van der Waals surface area contributed by atoms with E-state index in [1.807, 2.05) is 18.5 Å². The van der Waals surface area contributed by atoms with Crippen LogP contribution in [0.25, 0.3) is 0 Å². The summed E-state index contributed by atoms with van der Waals surface area (Å²) in [5, 5.41) is 0. The van der Waals surface area contributed by atoms with E-state index in [1.54, 1.807) is 7.11 Å². The molecule has 2 heterocycles. The number of hydrogen-bond donors (Lipinski definition) is 0. The number of nitrogens with zero attached hydrogens (tertiary/aromatic N) is 2. The molecule has 4 rings (SSSR count). The molecule has 150 valence electrons. The number of methoxy groups -OCH3 is 1. The molecule has 1 aliphatic heterocycles. The van der Waals surface area contributed by atoms with Crippen LogP contribution in [0.2, 0.25) is 0 Å². The molecule has 0 N–H and O–H groups in total. The van der Waals surface area contributed by atoms with Crippen molar-refractivity contribution in [3.63, 3.8) is 0 Å². The standard InChI is InChI=1S/C24H26N2O3/c1-17-11-23(27-3)18(2)10-21(17)15-26(13-19-6-8-25-9-7-19)14-20-4-5-22-24(12-20)29-16-28-22/h4-12H,13-16H2,1-3H3. The van der Waals surface area contributed by atoms with Gasteiger partial charge in [0.05, 0.1) is 7.11 Å². The minimum Gasteiger partial charge on any atom is -0.496 e. The summed E-state index contributed by atoms with van der Waals surface area (Å²) in [6, 6.07) is 14.7. The van der Waals surface area contributed by atoms with Crippen molar-refractivity contribution in [1.29, 1.82) is 0 Å². The lowest BCUT2D eigenvalue weighted by molar-refractivity contribution is 0.174. The highest BCUT2D eigenvalue weighted by atomic mass is 16.7. The van der Waals surface area contributed by atoms with E-state index in [9.17, 15) is 0 Å². The zero-order valence-corrected chi connectivity index (χ0v) is 17.1. The van der Waals surface area contributed by atoms with Gasteiger partial charge in [-0.3, -0.25) is 9.88 Å². The number of pyridine rings is 1. The topological polar surface area (TPSA) is 43.8 Å². The Hall–Kier alpha value is -3.05. The number of aromatic nitrogens is 1. The van der Waals surface area contributed by atoms with Gasteiger partial charge in [0.1, 0.15) is 5.75 Å². The van der Waals surface area contributed by atoms with Crippen LogP contribution in [0, 0.1) is 13.8 Å². The van der Waals surface area contributed by atoms with Crippen LogP contribution in [-0.4, -0.2) is 23.8 Å². The molecule has 5 heteroatoms. The van der Waals surface area contributed by atoms with Crippen molar-refractivity contribution in [2.75, 3.05) is 13.9 Å². The van der Waals surface area contributed by atoms with Crippen molar-refractivity contribution in [1.82, 2.24) is 9.88 Å². The van der Waals surface area contributed by atoms with Gasteiger partial charge in [-0.05, 0) is 72.0 Å². The van der Waals surface area contributed by atoms with Gasteiger partial charge in [-0.1, -0.05) is 12.1 Å². The monoisotopic (exact) mass is 390 g/mol. The van der Waals surface area contributed by atoms with Crippen LogP contribution in [0.1, 0.15) is 27.8 Å². The second kappa shape index (κ2) is 8.53. The molecule has 1 aromatic heterocycles. The number of hydrogen-bond acceptors (Lipinski definition) is 5. The summed E-state index contributed by atoms with van der Waals surface area (Å²) in [5.41, 5.74) is 6.13. The van der Waals surface area contributed by atoms with Crippen LogP contribution in [0.5, 0.6) is 17.2 Å². The third-order valence-electron chi connectivity index (χ3n) is 5.25. The van der Waals surface area contributed by atoms with E-state index in [0.717, 1.165) is 42.4 Å². The highest BCUT2D eigenvalue weighted by molar-refractivity contribution is 5.45. The molecule has 0 unspecified atom stereocenters. The molecule has 0 aliphatic carbocycles. The van der Waals surface area contributed by atoms with Crippen LogP contribution < -0.4 is 14.2 Å². The minimum atomic E-state index is 0.295. The van der Waals surface area contributed by atoms with E-state index in [2.05, 4.69) is 60.1 Å².